The lowest BCUT2D eigenvalue weighted by molar-refractivity contribution is 0.584. The van der Waals surface area contributed by atoms with Crippen molar-refractivity contribution in [3.63, 3.8) is 0 Å². The van der Waals surface area contributed by atoms with Crippen LogP contribution in [-0.4, -0.2) is 14.8 Å². The summed E-state index contributed by atoms with van der Waals surface area (Å²) < 4.78 is 9.12. The highest BCUT2D eigenvalue weighted by atomic mass is 79.9. The molecule has 5 heteroatoms. The molecule has 0 N–H and O–H groups in total. The van der Waals surface area contributed by atoms with Gasteiger partial charge in [0.1, 0.15) is 0 Å². The van der Waals surface area contributed by atoms with Gasteiger partial charge in [-0.3, -0.25) is 0 Å². The maximum absolute atomic E-state index is 5.91. The molecular weight excluding hydrogens is 354 g/mol. The van der Waals surface area contributed by atoms with Gasteiger partial charge in [0.2, 0.25) is 11.8 Å². The number of aryl methyl sites for hydroxylation is 1. The molecule has 2 aromatic heterocycles. The van der Waals surface area contributed by atoms with Crippen molar-refractivity contribution in [3.05, 3.63) is 59.2 Å². The fraction of sp³-hybridized carbons (Fsp3) is 0.111. The van der Waals surface area contributed by atoms with E-state index in [1.165, 1.54) is 5.52 Å². The maximum atomic E-state index is 5.91. The number of fused-ring (bicyclic) bond motifs is 1. The number of hydrogen-bond donors (Lipinski definition) is 0. The molecule has 0 radical (unpaired) electrons. The van der Waals surface area contributed by atoms with E-state index in [-0.39, 0.29) is 0 Å². The molecule has 0 amide bonds. The second-order valence-electron chi connectivity index (χ2n) is 5.27. The normalized spacial score (nSPS) is 11.2. The van der Waals surface area contributed by atoms with Gasteiger partial charge >= 0.3 is 0 Å². The Bertz CT molecular complexity index is 970. The second-order valence-corrected chi connectivity index (χ2v) is 6.18. The first-order valence-corrected chi connectivity index (χ1v) is 8.23. The fourth-order valence-electron chi connectivity index (χ4n) is 2.72. The molecule has 0 fully saturated rings. The summed E-state index contributed by atoms with van der Waals surface area (Å²) in [6, 6.07) is 16.1. The molecule has 4 aromatic rings. The van der Waals surface area contributed by atoms with Gasteiger partial charge in [-0.1, -0.05) is 34.1 Å². The topological polar surface area (TPSA) is 43.9 Å². The molecule has 0 atom stereocenters. The molecule has 0 saturated heterocycles. The molecule has 23 heavy (non-hydrogen) atoms. The van der Waals surface area contributed by atoms with E-state index in [0.29, 0.717) is 11.8 Å². The summed E-state index contributed by atoms with van der Waals surface area (Å²) in [5, 5.41) is 9.56. The van der Waals surface area contributed by atoms with Crippen molar-refractivity contribution >= 4 is 26.8 Å². The fourth-order valence-corrected chi connectivity index (χ4v) is 2.98. The predicted octanol–water partition coefficient (Wildman–Crippen LogP) is 5.14. The first-order chi connectivity index (χ1) is 11.3. The van der Waals surface area contributed by atoms with Crippen molar-refractivity contribution in [1.82, 2.24) is 14.8 Å². The molecule has 4 rings (SSSR count). The van der Waals surface area contributed by atoms with Gasteiger partial charge < -0.3 is 8.98 Å². The van der Waals surface area contributed by atoms with Crippen molar-refractivity contribution in [3.8, 4) is 22.9 Å². The van der Waals surface area contributed by atoms with Gasteiger partial charge in [0.25, 0.3) is 0 Å². The first kappa shape index (κ1) is 14.2. The lowest BCUT2D eigenvalue weighted by atomic mass is 10.2. The molecule has 0 aliphatic rings. The third-order valence-electron chi connectivity index (χ3n) is 3.88. The standard InChI is InChI=1S/C18H14BrN3O/c1-2-22-11-15(14-5-3-4-6-16(14)22)18-21-20-17(23-18)12-7-9-13(19)10-8-12/h3-11H,2H2,1H3. The first-order valence-electron chi connectivity index (χ1n) is 7.44. The van der Waals surface area contributed by atoms with Crippen molar-refractivity contribution < 1.29 is 4.42 Å². The molecule has 0 aliphatic heterocycles. The summed E-state index contributed by atoms with van der Waals surface area (Å²) in [5.74, 6) is 1.08. The lowest BCUT2D eigenvalue weighted by Gasteiger charge is -1.97. The van der Waals surface area contributed by atoms with Crippen LogP contribution in [0.3, 0.4) is 0 Å². The zero-order valence-corrected chi connectivity index (χ0v) is 14.1. The van der Waals surface area contributed by atoms with Gasteiger partial charge in [0.05, 0.1) is 5.56 Å². The van der Waals surface area contributed by atoms with Gasteiger partial charge in [-0.2, -0.15) is 0 Å². The minimum absolute atomic E-state index is 0.529. The second kappa shape index (κ2) is 5.66. The molecule has 2 aromatic carbocycles. The van der Waals surface area contributed by atoms with E-state index in [0.717, 1.165) is 27.5 Å². The van der Waals surface area contributed by atoms with Crippen LogP contribution in [0.1, 0.15) is 6.92 Å². The molecule has 0 saturated carbocycles. The third kappa shape index (κ3) is 2.47. The Morgan fingerprint density at radius 3 is 2.52 bits per heavy atom. The van der Waals surface area contributed by atoms with E-state index in [1.54, 1.807) is 0 Å². The highest BCUT2D eigenvalue weighted by Crippen LogP contribution is 2.31. The number of nitrogens with zero attached hydrogens (tertiary/aromatic N) is 3. The minimum atomic E-state index is 0.529. The monoisotopic (exact) mass is 367 g/mol. The zero-order valence-electron chi connectivity index (χ0n) is 12.5. The van der Waals surface area contributed by atoms with Crippen LogP contribution in [0, 0.1) is 0 Å². The maximum Gasteiger partial charge on any atom is 0.250 e. The highest BCUT2D eigenvalue weighted by Gasteiger charge is 2.16. The highest BCUT2D eigenvalue weighted by molar-refractivity contribution is 9.10. The molecule has 114 valence electrons. The summed E-state index contributed by atoms with van der Waals surface area (Å²) >= 11 is 3.43. The Labute approximate surface area is 141 Å². The number of aromatic nitrogens is 3. The Balaban J connectivity index is 1.82. The van der Waals surface area contributed by atoms with E-state index in [2.05, 4.69) is 55.9 Å². The summed E-state index contributed by atoms with van der Waals surface area (Å²) in [7, 11) is 0. The van der Waals surface area contributed by atoms with E-state index < -0.39 is 0 Å². The van der Waals surface area contributed by atoms with Crippen LogP contribution in [-0.2, 0) is 6.54 Å². The average molecular weight is 368 g/mol. The molecule has 0 aliphatic carbocycles. The average Bonchev–Trinajstić information content (AvgIpc) is 3.20. The molecule has 2 heterocycles. The largest absolute Gasteiger partial charge is 0.416 e. The molecule has 0 bridgehead atoms. The molecule has 0 spiro atoms. The number of rotatable bonds is 3. The van der Waals surface area contributed by atoms with Crippen molar-refractivity contribution in [2.75, 3.05) is 0 Å². The number of halogens is 1. The Morgan fingerprint density at radius 1 is 1.00 bits per heavy atom. The van der Waals surface area contributed by atoms with E-state index in [9.17, 15) is 0 Å². The number of benzene rings is 2. The molecule has 0 unspecified atom stereocenters. The zero-order chi connectivity index (χ0) is 15.8. The summed E-state index contributed by atoms with van der Waals surface area (Å²) in [6.45, 7) is 3.02. The van der Waals surface area contributed by atoms with Crippen LogP contribution in [0.4, 0.5) is 0 Å². The van der Waals surface area contributed by atoms with Gasteiger partial charge in [-0.05, 0) is 37.3 Å². The van der Waals surface area contributed by atoms with Crippen molar-refractivity contribution in [2.45, 2.75) is 13.5 Å². The van der Waals surface area contributed by atoms with Crippen LogP contribution in [0.25, 0.3) is 33.8 Å². The van der Waals surface area contributed by atoms with Crippen LogP contribution in [0.15, 0.2) is 63.6 Å². The van der Waals surface area contributed by atoms with Crippen LogP contribution in [0.5, 0.6) is 0 Å². The van der Waals surface area contributed by atoms with E-state index in [1.807, 2.05) is 36.4 Å². The minimum Gasteiger partial charge on any atom is -0.416 e. The van der Waals surface area contributed by atoms with Crippen LogP contribution < -0.4 is 0 Å². The molecule has 4 nitrogen and oxygen atoms in total. The smallest absolute Gasteiger partial charge is 0.250 e. The van der Waals surface area contributed by atoms with Crippen molar-refractivity contribution in [2.24, 2.45) is 0 Å². The quantitative estimate of drug-likeness (QED) is 0.503. The predicted molar refractivity (Wildman–Crippen MR) is 94.0 cm³/mol. The Kier molecular flexibility index (Phi) is 3.50. The van der Waals surface area contributed by atoms with Gasteiger partial charge in [-0.25, -0.2) is 0 Å². The third-order valence-corrected chi connectivity index (χ3v) is 4.40. The van der Waals surface area contributed by atoms with Crippen LogP contribution >= 0.6 is 15.9 Å². The van der Waals surface area contributed by atoms with Gasteiger partial charge in [0, 0.05) is 33.7 Å². The van der Waals surface area contributed by atoms with Crippen molar-refractivity contribution in [1.29, 1.82) is 0 Å². The summed E-state index contributed by atoms with van der Waals surface area (Å²) in [5.41, 5.74) is 3.05. The lowest BCUT2D eigenvalue weighted by Crippen LogP contribution is -1.89. The summed E-state index contributed by atoms with van der Waals surface area (Å²) in [4.78, 5) is 0. The van der Waals surface area contributed by atoms with Crippen LogP contribution in [0.2, 0.25) is 0 Å². The SMILES string of the molecule is CCn1cc(-c2nnc(-c3ccc(Br)cc3)o2)c2ccccc21. The Hall–Kier alpha value is -2.40. The van der Waals surface area contributed by atoms with Gasteiger partial charge in [-0.15, -0.1) is 10.2 Å². The molecular formula is C18H14BrN3O. The number of hydrogen-bond acceptors (Lipinski definition) is 3. The van der Waals surface area contributed by atoms with E-state index >= 15 is 0 Å². The van der Waals surface area contributed by atoms with E-state index in [4.69, 9.17) is 4.42 Å². The van der Waals surface area contributed by atoms with Gasteiger partial charge in [0.15, 0.2) is 0 Å². The Morgan fingerprint density at radius 2 is 1.74 bits per heavy atom. The number of para-hydroxylation sites is 1. The summed E-state index contributed by atoms with van der Waals surface area (Å²) in [6.07, 6.45) is 2.07.